The highest BCUT2D eigenvalue weighted by molar-refractivity contribution is 7.92. The van der Waals surface area contributed by atoms with E-state index in [1.54, 1.807) is 24.3 Å². The average Bonchev–Trinajstić information content (AvgIpc) is 3.37. The number of sulfonamides is 1. The standard InChI is InChI=1S/C24H18FN5O5S/c1-14-8-16(11-26)19(10-18(14)25)30-36(32,33)21-9-17(12-27-23(21)34-2)29-22(31)24-28-13-20(35-24)15-6-4-3-5-7-15/h3-10,12-13,30H,1-2H3,(H,29,31). The smallest absolute Gasteiger partial charge is 0.311 e. The fourth-order valence-electron chi connectivity index (χ4n) is 3.20. The maximum atomic E-state index is 14.1. The zero-order chi connectivity index (χ0) is 25.9. The van der Waals surface area contributed by atoms with E-state index in [1.165, 1.54) is 32.5 Å². The van der Waals surface area contributed by atoms with Crippen LogP contribution in [0.2, 0.25) is 0 Å². The zero-order valence-electron chi connectivity index (χ0n) is 18.9. The predicted octanol–water partition coefficient (Wildman–Crippen LogP) is 4.12. The van der Waals surface area contributed by atoms with Crippen LogP contribution in [0.4, 0.5) is 15.8 Å². The van der Waals surface area contributed by atoms with Crippen molar-refractivity contribution in [2.45, 2.75) is 11.8 Å². The van der Waals surface area contributed by atoms with Crippen LogP contribution in [0.1, 0.15) is 21.8 Å². The number of benzene rings is 2. The van der Waals surface area contributed by atoms with Gasteiger partial charge in [-0.2, -0.15) is 5.26 Å². The van der Waals surface area contributed by atoms with Crippen molar-refractivity contribution in [1.29, 1.82) is 5.26 Å². The Bertz CT molecular complexity index is 1600. The molecule has 2 aromatic heterocycles. The van der Waals surface area contributed by atoms with Crippen LogP contribution < -0.4 is 14.8 Å². The number of nitrogens with one attached hydrogen (secondary N) is 2. The minimum atomic E-state index is -4.42. The van der Waals surface area contributed by atoms with Crippen molar-refractivity contribution in [2.75, 3.05) is 17.1 Å². The average molecular weight is 508 g/mol. The number of nitriles is 1. The van der Waals surface area contributed by atoms with Crippen molar-refractivity contribution >= 4 is 27.3 Å². The van der Waals surface area contributed by atoms with Gasteiger partial charge in [-0.25, -0.2) is 22.8 Å². The highest BCUT2D eigenvalue weighted by Crippen LogP contribution is 2.29. The molecule has 36 heavy (non-hydrogen) atoms. The summed E-state index contributed by atoms with van der Waals surface area (Å²) in [6.45, 7) is 1.45. The maximum Gasteiger partial charge on any atom is 0.311 e. The van der Waals surface area contributed by atoms with E-state index in [1.807, 2.05) is 12.1 Å². The minimum absolute atomic E-state index is 0.00349. The fourth-order valence-corrected chi connectivity index (χ4v) is 4.42. The van der Waals surface area contributed by atoms with Crippen molar-refractivity contribution in [3.8, 4) is 23.3 Å². The van der Waals surface area contributed by atoms with Crippen LogP contribution in [-0.4, -0.2) is 31.4 Å². The molecule has 0 fully saturated rings. The summed E-state index contributed by atoms with van der Waals surface area (Å²) in [7, 11) is -3.21. The number of halogens is 1. The normalized spacial score (nSPS) is 10.9. The second-order valence-electron chi connectivity index (χ2n) is 7.45. The summed E-state index contributed by atoms with van der Waals surface area (Å²) in [6.07, 6.45) is 2.58. The molecule has 0 radical (unpaired) electrons. The van der Waals surface area contributed by atoms with Crippen molar-refractivity contribution in [3.05, 3.63) is 83.8 Å². The number of aromatic nitrogens is 2. The Morgan fingerprint density at radius 2 is 1.89 bits per heavy atom. The Balaban J connectivity index is 1.61. The molecular weight excluding hydrogens is 489 g/mol. The van der Waals surface area contributed by atoms with Crippen molar-refractivity contribution in [1.82, 2.24) is 9.97 Å². The minimum Gasteiger partial charge on any atom is -0.480 e. The van der Waals surface area contributed by atoms with Crippen molar-refractivity contribution < 1.29 is 26.8 Å². The molecular formula is C24H18FN5O5S. The number of ether oxygens (including phenoxy) is 1. The summed E-state index contributed by atoms with van der Waals surface area (Å²) >= 11 is 0. The molecule has 2 heterocycles. The van der Waals surface area contributed by atoms with Gasteiger partial charge in [-0.1, -0.05) is 30.3 Å². The van der Waals surface area contributed by atoms with E-state index in [9.17, 15) is 22.9 Å². The summed E-state index contributed by atoms with van der Waals surface area (Å²) < 4.78 is 53.0. The number of hydrogen-bond donors (Lipinski definition) is 2. The van der Waals surface area contributed by atoms with Crippen LogP contribution in [0.5, 0.6) is 5.88 Å². The van der Waals surface area contributed by atoms with Gasteiger partial charge in [0.1, 0.15) is 11.9 Å². The molecule has 4 aromatic rings. The Labute approximate surface area is 205 Å². The number of carbonyl (C=O) groups excluding carboxylic acids is 1. The first-order chi connectivity index (χ1) is 17.2. The first-order valence-electron chi connectivity index (χ1n) is 10.3. The summed E-state index contributed by atoms with van der Waals surface area (Å²) in [5.41, 5.74) is 0.563. The van der Waals surface area contributed by atoms with E-state index in [-0.39, 0.29) is 34.3 Å². The summed E-state index contributed by atoms with van der Waals surface area (Å²) in [5.74, 6) is -1.60. The van der Waals surface area contributed by atoms with Crippen molar-refractivity contribution in [2.24, 2.45) is 0 Å². The second-order valence-corrected chi connectivity index (χ2v) is 9.10. The molecule has 0 bridgehead atoms. The van der Waals surface area contributed by atoms with E-state index in [2.05, 4.69) is 20.0 Å². The fraction of sp³-hybridized carbons (Fsp3) is 0.0833. The third-order valence-electron chi connectivity index (χ3n) is 4.98. The summed E-state index contributed by atoms with van der Waals surface area (Å²) in [6, 6.07) is 14.1. The van der Waals surface area contributed by atoms with E-state index < -0.39 is 26.6 Å². The third kappa shape index (κ3) is 5.01. The molecule has 4 rings (SSSR count). The first-order valence-corrected chi connectivity index (χ1v) is 11.8. The second kappa shape index (κ2) is 9.85. The van der Waals surface area contributed by atoms with Crippen LogP contribution in [0.3, 0.4) is 0 Å². The van der Waals surface area contributed by atoms with Gasteiger partial charge in [0.05, 0.1) is 36.4 Å². The van der Waals surface area contributed by atoms with Gasteiger partial charge >= 0.3 is 5.91 Å². The highest BCUT2D eigenvalue weighted by atomic mass is 32.2. The molecule has 12 heteroatoms. The Hall–Kier alpha value is -4.76. The molecule has 10 nitrogen and oxygen atoms in total. The largest absolute Gasteiger partial charge is 0.480 e. The molecule has 1 amide bonds. The lowest BCUT2D eigenvalue weighted by atomic mass is 10.1. The number of aryl methyl sites for hydroxylation is 1. The van der Waals surface area contributed by atoms with Gasteiger partial charge in [0.25, 0.3) is 15.9 Å². The number of amides is 1. The molecule has 0 aliphatic heterocycles. The van der Waals surface area contributed by atoms with E-state index >= 15 is 0 Å². The van der Waals surface area contributed by atoms with Crippen molar-refractivity contribution in [3.63, 3.8) is 0 Å². The number of hydrogen-bond acceptors (Lipinski definition) is 8. The van der Waals surface area contributed by atoms with Gasteiger partial charge in [0, 0.05) is 5.56 Å². The lowest BCUT2D eigenvalue weighted by molar-refractivity contribution is 0.0991. The number of anilines is 2. The summed E-state index contributed by atoms with van der Waals surface area (Å²) in [4.78, 5) is 20.1. The molecule has 0 saturated heterocycles. The van der Waals surface area contributed by atoms with Crippen LogP contribution in [0.25, 0.3) is 11.3 Å². The van der Waals surface area contributed by atoms with E-state index in [4.69, 9.17) is 9.15 Å². The van der Waals surface area contributed by atoms with E-state index in [0.717, 1.165) is 17.7 Å². The quantitative estimate of drug-likeness (QED) is 0.380. The lowest BCUT2D eigenvalue weighted by Crippen LogP contribution is -2.17. The monoisotopic (exact) mass is 507 g/mol. The number of oxazole rings is 1. The van der Waals surface area contributed by atoms with Crippen LogP contribution in [0.15, 0.2) is 70.2 Å². The Kier molecular flexibility index (Phi) is 6.67. The zero-order valence-corrected chi connectivity index (χ0v) is 19.8. The molecule has 0 spiro atoms. The number of nitrogens with zero attached hydrogens (tertiary/aromatic N) is 3. The molecule has 0 aliphatic rings. The molecule has 0 unspecified atom stereocenters. The Morgan fingerprint density at radius 3 is 2.58 bits per heavy atom. The number of carbonyl (C=O) groups is 1. The molecule has 0 aliphatic carbocycles. The molecule has 2 aromatic carbocycles. The maximum absolute atomic E-state index is 14.1. The van der Waals surface area contributed by atoms with Crippen LogP contribution >= 0.6 is 0 Å². The van der Waals surface area contributed by atoms with Crippen LogP contribution in [-0.2, 0) is 10.0 Å². The summed E-state index contributed by atoms with van der Waals surface area (Å²) in [5, 5.41) is 11.8. The predicted molar refractivity (Wildman–Crippen MR) is 127 cm³/mol. The third-order valence-corrected chi connectivity index (χ3v) is 6.34. The first kappa shape index (κ1) is 24.4. The number of pyridine rings is 1. The molecule has 0 saturated carbocycles. The van der Waals surface area contributed by atoms with E-state index in [0.29, 0.717) is 5.76 Å². The molecule has 2 N–H and O–H groups in total. The lowest BCUT2D eigenvalue weighted by Gasteiger charge is -2.14. The van der Waals surface area contributed by atoms with Gasteiger partial charge < -0.3 is 14.5 Å². The molecule has 182 valence electrons. The van der Waals surface area contributed by atoms with Gasteiger partial charge in [0.2, 0.25) is 5.88 Å². The topological polar surface area (TPSA) is 147 Å². The molecule has 0 atom stereocenters. The Morgan fingerprint density at radius 1 is 1.14 bits per heavy atom. The van der Waals surface area contributed by atoms with Gasteiger partial charge in [0.15, 0.2) is 10.7 Å². The van der Waals surface area contributed by atoms with Gasteiger partial charge in [-0.3, -0.25) is 9.52 Å². The SMILES string of the molecule is COc1ncc(NC(=O)c2ncc(-c3ccccc3)o2)cc1S(=O)(=O)Nc1cc(F)c(C)cc1C#N. The van der Waals surface area contributed by atoms with Crippen LogP contribution in [0, 0.1) is 24.1 Å². The van der Waals surface area contributed by atoms with Gasteiger partial charge in [-0.15, -0.1) is 0 Å². The number of methoxy groups -OCH3 is 1. The highest BCUT2D eigenvalue weighted by Gasteiger charge is 2.24. The van der Waals surface area contributed by atoms with Gasteiger partial charge in [-0.05, 0) is 30.7 Å². The number of rotatable bonds is 7.